The van der Waals surface area contributed by atoms with Crippen molar-refractivity contribution in [3.63, 3.8) is 0 Å². The largest absolute Gasteiger partial charge is 0.506 e. The van der Waals surface area contributed by atoms with Crippen LogP contribution >= 0.6 is 0 Å². The molecule has 0 saturated carbocycles. The molecule has 2 aromatic heterocycles. The molecule has 0 atom stereocenters. The van der Waals surface area contributed by atoms with Crippen LogP contribution in [0, 0.1) is 0 Å². The fourth-order valence-electron chi connectivity index (χ4n) is 6.95. The van der Waals surface area contributed by atoms with E-state index in [4.69, 9.17) is 11.5 Å². The summed E-state index contributed by atoms with van der Waals surface area (Å²) in [5.41, 5.74) is 14.7. The molecule has 14 nitrogen and oxygen atoms in total. The molecule has 7 aromatic rings. The summed E-state index contributed by atoms with van der Waals surface area (Å²) in [6.07, 6.45) is 5.13. The zero-order valence-corrected chi connectivity index (χ0v) is 33.4. The Hall–Kier alpha value is -7.74. The summed E-state index contributed by atoms with van der Waals surface area (Å²) < 4.78 is 3.91. The van der Waals surface area contributed by atoms with Gasteiger partial charge in [-0.25, -0.2) is 9.13 Å². The fraction of sp³-hybridized carbons (Fsp3) is 0.174. The zero-order valence-electron chi connectivity index (χ0n) is 33.4. The predicted octanol–water partition coefficient (Wildman–Crippen LogP) is 8.30. The van der Waals surface area contributed by atoms with Crippen LogP contribution in [0.25, 0.3) is 21.5 Å². The van der Waals surface area contributed by atoms with Crippen molar-refractivity contribution in [2.45, 2.75) is 25.9 Å². The number of nitrogens with two attached hydrogens (primary N) is 2. The first-order chi connectivity index (χ1) is 29.1. The van der Waals surface area contributed by atoms with Gasteiger partial charge in [0.05, 0.1) is 47.1 Å². The lowest BCUT2D eigenvalue weighted by Gasteiger charge is -2.18. The van der Waals surface area contributed by atoms with Gasteiger partial charge < -0.3 is 31.5 Å². The number of aromatic nitrogens is 2. The van der Waals surface area contributed by atoms with Crippen molar-refractivity contribution in [2.24, 2.45) is 20.5 Å². The number of azo groups is 2. The summed E-state index contributed by atoms with van der Waals surface area (Å²) in [7, 11) is 3.51. The molecule has 0 spiro atoms. The van der Waals surface area contributed by atoms with E-state index in [1.807, 2.05) is 106 Å². The molecule has 5 aromatic carbocycles. The molecular formula is C46H46N10O4+2. The molecule has 0 aliphatic heterocycles. The Morgan fingerprint density at radius 1 is 0.533 bits per heavy atom. The normalized spacial score (nSPS) is 11.5. The van der Waals surface area contributed by atoms with Gasteiger partial charge in [-0.2, -0.15) is 0 Å². The van der Waals surface area contributed by atoms with Crippen LogP contribution in [0.1, 0.15) is 33.6 Å². The highest BCUT2D eigenvalue weighted by Gasteiger charge is 2.18. The van der Waals surface area contributed by atoms with E-state index < -0.39 is 0 Å². The van der Waals surface area contributed by atoms with Crippen molar-refractivity contribution in [2.75, 3.05) is 38.7 Å². The lowest BCUT2D eigenvalue weighted by atomic mass is 10.1. The number of hydrogen-bond donors (Lipinski definition) is 4. The number of phenols is 2. The molecule has 0 saturated heterocycles. The van der Waals surface area contributed by atoms with E-state index in [-0.39, 0.29) is 23.3 Å². The number of pyridine rings is 2. The van der Waals surface area contributed by atoms with Crippen molar-refractivity contribution >= 4 is 67.7 Å². The maximum Gasteiger partial charge on any atom is 0.350 e. The van der Waals surface area contributed by atoms with Crippen LogP contribution in [-0.2, 0) is 13.1 Å². The zero-order chi connectivity index (χ0) is 42.2. The Kier molecular flexibility index (Phi) is 12.3. The summed E-state index contributed by atoms with van der Waals surface area (Å²) in [6.45, 7) is 2.14. The average molecular weight is 803 g/mol. The third-order valence-corrected chi connectivity index (χ3v) is 10.3. The van der Waals surface area contributed by atoms with E-state index in [1.165, 1.54) is 12.1 Å². The first-order valence-corrected chi connectivity index (χ1v) is 19.5. The molecule has 0 fully saturated rings. The SMILES string of the molecule is CN(CCC[n+]1ccccc1N=Nc1cc(O)c(N)c2ccccc12)C(=O)c1ccc(C(=O)N(C)CCC[n+]2ccccc2/N=N/c2cc(O)c(N)c3ccccc23)cc1. The van der Waals surface area contributed by atoms with Crippen molar-refractivity contribution in [1.29, 1.82) is 0 Å². The molecule has 0 bridgehead atoms. The third kappa shape index (κ3) is 9.02. The summed E-state index contributed by atoms with van der Waals surface area (Å²) >= 11 is 0. The van der Waals surface area contributed by atoms with Crippen LogP contribution < -0.4 is 20.6 Å². The quantitative estimate of drug-likeness (QED) is 0.0370. The highest BCUT2D eigenvalue weighted by atomic mass is 16.3. The molecule has 0 radical (unpaired) electrons. The monoisotopic (exact) mass is 802 g/mol. The van der Waals surface area contributed by atoms with Crippen LogP contribution in [0.2, 0.25) is 0 Å². The lowest BCUT2D eigenvalue weighted by Crippen LogP contribution is -2.36. The van der Waals surface area contributed by atoms with Crippen LogP contribution in [0.4, 0.5) is 34.4 Å². The molecule has 60 heavy (non-hydrogen) atoms. The number of benzene rings is 5. The molecule has 7 rings (SSSR count). The molecule has 302 valence electrons. The smallest absolute Gasteiger partial charge is 0.350 e. The second-order valence-corrected chi connectivity index (χ2v) is 14.4. The predicted molar refractivity (Wildman–Crippen MR) is 231 cm³/mol. The highest BCUT2D eigenvalue weighted by molar-refractivity contribution is 6.03. The maximum absolute atomic E-state index is 13.3. The number of carbonyl (C=O) groups is 2. The molecule has 6 N–H and O–H groups in total. The highest BCUT2D eigenvalue weighted by Crippen LogP contribution is 2.39. The van der Waals surface area contributed by atoms with Gasteiger partial charge in [0.15, 0.2) is 0 Å². The number of fused-ring (bicyclic) bond motifs is 2. The summed E-state index contributed by atoms with van der Waals surface area (Å²) in [5.74, 6) is 0.838. The van der Waals surface area contributed by atoms with Crippen LogP contribution in [0.5, 0.6) is 11.5 Å². The van der Waals surface area contributed by atoms with Crippen molar-refractivity contribution in [3.8, 4) is 11.5 Å². The number of phenolic OH excluding ortho intramolecular Hbond substituents is 2. The van der Waals surface area contributed by atoms with Crippen molar-refractivity contribution in [1.82, 2.24) is 9.80 Å². The van der Waals surface area contributed by atoms with E-state index in [0.717, 1.165) is 10.8 Å². The van der Waals surface area contributed by atoms with Gasteiger partial charge in [-0.15, -0.1) is 0 Å². The van der Waals surface area contributed by atoms with Gasteiger partial charge in [0, 0.05) is 97.0 Å². The standard InChI is InChI=1S/C46H44N10O4/c1-53(23-11-27-55-25-9-7-17-41(55)51-49-37-29-39(57)43(47)35-15-5-3-13-33(35)37)45(59)31-19-21-32(22-20-31)46(60)54(2)24-12-28-56-26-10-8-18-42(56)52-50-38-30-40(58)44(48)36-16-6-4-14-34(36)38/h3-10,13-22,25-26,29-30,47-48H,11-12,23-24,27-28H2,1-2H3,(H2,49,50,57,58)/p+2. The Bertz CT molecular complexity index is 2570. The molecule has 14 heteroatoms. The number of aryl methyl sites for hydroxylation is 2. The number of amides is 2. The van der Waals surface area contributed by atoms with Crippen molar-refractivity contribution < 1.29 is 28.9 Å². The topological polar surface area (TPSA) is 190 Å². The first-order valence-electron chi connectivity index (χ1n) is 19.5. The van der Waals surface area contributed by atoms with Gasteiger partial charge in [-0.1, -0.05) is 60.7 Å². The fourth-order valence-corrected chi connectivity index (χ4v) is 6.95. The van der Waals surface area contributed by atoms with E-state index in [9.17, 15) is 19.8 Å². The molecule has 0 aliphatic carbocycles. The Morgan fingerprint density at radius 2 is 0.900 bits per heavy atom. The van der Waals surface area contributed by atoms with Crippen LogP contribution in [0.15, 0.2) is 154 Å². The van der Waals surface area contributed by atoms with Gasteiger partial charge in [0.2, 0.25) is 0 Å². The maximum atomic E-state index is 13.3. The minimum atomic E-state index is -0.149. The van der Waals surface area contributed by atoms with E-state index in [0.29, 0.717) is 95.3 Å². The van der Waals surface area contributed by atoms with Gasteiger partial charge in [0.25, 0.3) is 11.8 Å². The number of aromatic hydroxyl groups is 2. The number of hydrogen-bond acceptors (Lipinski definition) is 10. The average Bonchev–Trinajstić information content (AvgIpc) is 3.28. The Labute approximate surface area is 347 Å². The first kappa shape index (κ1) is 40.5. The van der Waals surface area contributed by atoms with E-state index >= 15 is 0 Å². The molecule has 2 heterocycles. The summed E-state index contributed by atoms with van der Waals surface area (Å²) in [5, 5.41) is 41.5. The Morgan fingerprint density at radius 3 is 1.30 bits per heavy atom. The van der Waals surface area contributed by atoms with Gasteiger partial charge in [-0.3, -0.25) is 9.59 Å². The Balaban J connectivity index is 0.905. The number of rotatable bonds is 14. The third-order valence-electron chi connectivity index (χ3n) is 10.3. The van der Waals surface area contributed by atoms with Crippen LogP contribution in [0.3, 0.4) is 0 Å². The minimum Gasteiger partial charge on any atom is -0.506 e. The summed E-state index contributed by atoms with van der Waals surface area (Å²) in [6, 6.07) is 35.9. The van der Waals surface area contributed by atoms with Gasteiger partial charge >= 0.3 is 11.6 Å². The summed E-state index contributed by atoms with van der Waals surface area (Å²) in [4.78, 5) is 30.0. The van der Waals surface area contributed by atoms with Gasteiger partial charge in [0.1, 0.15) is 22.9 Å². The molecule has 0 aliphatic rings. The van der Waals surface area contributed by atoms with Crippen molar-refractivity contribution in [3.05, 3.63) is 145 Å². The van der Waals surface area contributed by atoms with E-state index in [2.05, 4.69) is 20.5 Å². The molecule has 0 unspecified atom stereocenters. The molecular weight excluding hydrogens is 757 g/mol. The number of nitrogen functional groups attached to an aromatic ring is 2. The second-order valence-electron chi connectivity index (χ2n) is 14.4. The van der Waals surface area contributed by atoms with E-state index in [1.54, 1.807) is 48.2 Å². The minimum absolute atomic E-state index is 0.0519. The number of nitrogens with zero attached hydrogens (tertiary/aromatic N) is 8. The second kappa shape index (κ2) is 18.2. The number of carbonyl (C=O) groups excluding carboxylic acids is 2. The molecule has 2 amide bonds. The van der Waals surface area contributed by atoms with Gasteiger partial charge in [-0.05, 0) is 46.6 Å². The lowest BCUT2D eigenvalue weighted by molar-refractivity contribution is -0.684. The van der Waals surface area contributed by atoms with Crippen LogP contribution in [-0.4, -0.2) is 59.0 Å². The number of anilines is 2.